The van der Waals surface area contributed by atoms with Crippen molar-refractivity contribution in [1.29, 1.82) is 0 Å². The predicted octanol–water partition coefficient (Wildman–Crippen LogP) is 3.31. The van der Waals surface area contributed by atoms with Crippen LogP contribution in [0.2, 0.25) is 0 Å². The van der Waals surface area contributed by atoms with Crippen LogP contribution in [0.4, 0.5) is 14.5 Å². The van der Waals surface area contributed by atoms with Crippen molar-refractivity contribution < 1.29 is 26.8 Å². The van der Waals surface area contributed by atoms with Crippen LogP contribution in [-0.4, -0.2) is 50.5 Å². The summed E-state index contributed by atoms with van der Waals surface area (Å²) >= 11 is 0. The number of amides is 2. The molecule has 1 atom stereocenters. The molecule has 2 aromatic carbocycles. The van der Waals surface area contributed by atoms with Gasteiger partial charge in [-0.1, -0.05) is 39.0 Å². The van der Waals surface area contributed by atoms with Gasteiger partial charge < -0.3 is 10.2 Å². The third-order valence-corrected chi connectivity index (χ3v) is 6.25. The van der Waals surface area contributed by atoms with E-state index >= 15 is 0 Å². The first-order valence-corrected chi connectivity index (χ1v) is 12.8. The second kappa shape index (κ2) is 11.9. The molecule has 0 bridgehead atoms. The lowest BCUT2D eigenvalue weighted by Gasteiger charge is -2.33. The Morgan fingerprint density at radius 3 is 2.21 bits per heavy atom. The molecule has 0 unspecified atom stereocenters. The average Bonchev–Trinajstić information content (AvgIpc) is 2.76. The molecule has 2 rings (SSSR count). The molecule has 1 N–H and O–H groups in total. The second-order valence-electron chi connectivity index (χ2n) is 8.46. The molecule has 0 aliphatic heterocycles. The van der Waals surface area contributed by atoms with Crippen LogP contribution in [0.3, 0.4) is 0 Å². The molecule has 10 heteroatoms. The predicted molar refractivity (Wildman–Crippen MR) is 127 cm³/mol. The van der Waals surface area contributed by atoms with E-state index in [9.17, 15) is 26.8 Å². The highest BCUT2D eigenvalue weighted by Gasteiger charge is 2.31. The van der Waals surface area contributed by atoms with Crippen LogP contribution >= 0.6 is 0 Å². The van der Waals surface area contributed by atoms with Crippen molar-refractivity contribution in [1.82, 2.24) is 10.2 Å². The quantitative estimate of drug-likeness (QED) is 0.518. The lowest BCUT2D eigenvalue weighted by Crippen LogP contribution is -2.52. The summed E-state index contributed by atoms with van der Waals surface area (Å²) in [7, 11) is -3.95. The van der Waals surface area contributed by atoms with Gasteiger partial charge >= 0.3 is 0 Å². The van der Waals surface area contributed by atoms with Gasteiger partial charge in [-0.2, -0.15) is 0 Å². The molecule has 0 radical (unpaired) electrons. The molecule has 34 heavy (non-hydrogen) atoms. The molecule has 0 aliphatic carbocycles. The maximum atomic E-state index is 13.8. The van der Waals surface area contributed by atoms with Gasteiger partial charge in [0.05, 0.1) is 11.9 Å². The van der Waals surface area contributed by atoms with Gasteiger partial charge in [-0.25, -0.2) is 17.2 Å². The Morgan fingerprint density at radius 1 is 1.03 bits per heavy atom. The zero-order valence-electron chi connectivity index (χ0n) is 19.8. The normalized spacial score (nSPS) is 12.3. The summed E-state index contributed by atoms with van der Waals surface area (Å²) in [6, 6.07) is 9.51. The molecule has 0 aliphatic rings. The largest absolute Gasteiger partial charge is 0.354 e. The third-order valence-electron chi connectivity index (χ3n) is 5.11. The lowest BCUT2D eigenvalue weighted by atomic mass is 10.1. The zero-order valence-corrected chi connectivity index (χ0v) is 20.6. The molecule has 2 aromatic rings. The number of hydrogen-bond acceptors (Lipinski definition) is 4. The number of nitrogens with one attached hydrogen (secondary N) is 1. The molecule has 0 spiro atoms. The van der Waals surface area contributed by atoms with E-state index in [1.807, 2.05) is 13.8 Å². The van der Waals surface area contributed by atoms with E-state index in [4.69, 9.17) is 0 Å². The molecular weight excluding hydrogens is 464 g/mol. The summed E-state index contributed by atoms with van der Waals surface area (Å²) in [5.74, 6) is -1.93. The SMILES string of the molecule is CC[C@H](C(=O)NCC(C)C)N(Cc1ccc(F)cc1)C(=O)CN(c1cccc(F)c1)S(C)(=O)=O. The summed E-state index contributed by atoms with van der Waals surface area (Å²) in [5, 5.41) is 2.81. The van der Waals surface area contributed by atoms with E-state index in [1.165, 1.54) is 47.4 Å². The van der Waals surface area contributed by atoms with Crippen molar-refractivity contribution >= 4 is 27.5 Å². The van der Waals surface area contributed by atoms with Crippen LogP contribution in [0.1, 0.15) is 32.8 Å². The Kier molecular flexibility index (Phi) is 9.55. The maximum absolute atomic E-state index is 13.8. The van der Waals surface area contributed by atoms with Crippen LogP contribution in [0.5, 0.6) is 0 Å². The molecule has 0 saturated carbocycles. The van der Waals surface area contributed by atoms with E-state index in [0.29, 0.717) is 12.1 Å². The van der Waals surface area contributed by atoms with Crippen molar-refractivity contribution in [2.75, 3.05) is 23.7 Å². The number of carbonyl (C=O) groups excluding carboxylic acids is 2. The lowest BCUT2D eigenvalue weighted by molar-refractivity contribution is -0.140. The van der Waals surface area contributed by atoms with E-state index in [0.717, 1.165) is 16.6 Å². The van der Waals surface area contributed by atoms with Crippen molar-refractivity contribution in [2.24, 2.45) is 5.92 Å². The van der Waals surface area contributed by atoms with Crippen molar-refractivity contribution in [3.05, 3.63) is 65.7 Å². The van der Waals surface area contributed by atoms with Gasteiger partial charge in [0.2, 0.25) is 21.8 Å². The molecule has 0 aromatic heterocycles. The summed E-state index contributed by atoms with van der Waals surface area (Å²) < 4.78 is 52.9. The maximum Gasteiger partial charge on any atom is 0.244 e. The van der Waals surface area contributed by atoms with Crippen LogP contribution in [-0.2, 0) is 26.2 Å². The van der Waals surface area contributed by atoms with Crippen LogP contribution in [0.15, 0.2) is 48.5 Å². The van der Waals surface area contributed by atoms with Crippen LogP contribution in [0.25, 0.3) is 0 Å². The first kappa shape index (κ1) is 27.2. The highest BCUT2D eigenvalue weighted by Crippen LogP contribution is 2.20. The monoisotopic (exact) mass is 495 g/mol. The Morgan fingerprint density at radius 2 is 1.68 bits per heavy atom. The number of benzene rings is 2. The van der Waals surface area contributed by atoms with Gasteiger partial charge in [-0.3, -0.25) is 13.9 Å². The Labute approximate surface area is 199 Å². The third kappa shape index (κ3) is 7.79. The van der Waals surface area contributed by atoms with E-state index in [-0.39, 0.29) is 30.5 Å². The fourth-order valence-electron chi connectivity index (χ4n) is 3.37. The smallest absolute Gasteiger partial charge is 0.244 e. The molecule has 0 fully saturated rings. The topological polar surface area (TPSA) is 86.8 Å². The minimum absolute atomic E-state index is 0.00473. The standard InChI is InChI=1S/C24H31F2N3O4S/c1-5-22(24(31)27-14-17(2)3)28(15-18-9-11-19(25)12-10-18)23(30)16-29(34(4,32)33)21-8-6-7-20(26)13-21/h6-13,17,22H,5,14-16H2,1-4H3,(H,27,31)/t22-/m1/s1. The second-order valence-corrected chi connectivity index (χ2v) is 10.4. The zero-order chi connectivity index (χ0) is 25.5. The van der Waals surface area contributed by atoms with Crippen molar-refractivity contribution in [3.63, 3.8) is 0 Å². The van der Waals surface area contributed by atoms with Crippen LogP contribution in [0, 0.1) is 17.6 Å². The molecule has 0 heterocycles. The first-order chi connectivity index (χ1) is 15.9. The molecule has 186 valence electrons. The summed E-state index contributed by atoms with van der Waals surface area (Å²) in [4.78, 5) is 27.6. The van der Waals surface area contributed by atoms with Gasteiger partial charge in [0.15, 0.2) is 0 Å². The number of halogens is 2. The number of hydrogen-bond donors (Lipinski definition) is 1. The fraction of sp³-hybridized carbons (Fsp3) is 0.417. The minimum Gasteiger partial charge on any atom is -0.354 e. The highest BCUT2D eigenvalue weighted by molar-refractivity contribution is 7.92. The van der Waals surface area contributed by atoms with Gasteiger partial charge in [0, 0.05) is 13.1 Å². The van der Waals surface area contributed by atoms with E-state index in [2.05, 4.69) is 5.32 Å². The molecule has 0 saturated heterocycles. The van der Waals surface area contributed by atoms with Gasteiger partial charge in [-0.05, 0) is 48.2 Å². The van der Waals surface area contributed by atoms with Gasteiger partial charge in [0.1, 0.15) is 24.2 Å². The number of carbonyl (C=O) groups is 2. The number of rotatable bonds is 11. The summed E-state index contributed by atoms with van der Waals surface area (Å²) in [6.45, 7) is 5.36. The Hall–Kier alpha value is -3.01. The Bertz CT molecular complexity index is 1090. The molecule has 7 nitrogen and oxygen atoms in total. The molecule has 2 amide bonds. The minimum atomic E-state index is -3.95. The first-order valence-electron chi connectivity index (χ1n) is 11.0. The Balaban J connectivity index is 2.41. The van der Waals surface area contributed by atoms with Crippen molar-refractivity contribution in [2.45, 2.75) is 39.8 Å². The molecular formula is C24H31F2N3O4S. The van der Waals surface area contributed by atoms with E-state index < -0.39 is 40.2 Å². The van der Waals surface area contributed by atoms with Gasteiger partial charge in [-0.15, -0.1) is 0 Å². The van der Waals surface area contributed by atoms with Crippen molar-refractivity contribution in [3.8, 4) is 0 Å². The summed E-state index contributed by atoms with van der Waals surface area (Å²) in [5.41, 5.74) is 0.566. The fourth-order valence-corrected chi connectivity index (χ4v) is 4.21. The number of anilines is 1. The van der Waals surface area contributed by atoms with E-state index in [1.54, 1.807) is 6.92 Å². The summed E-state index contributed by atoms with van der Waals surface area (Å²) in [6.07, 6.45) is 1.19. The number of sulfonamides is 1. The number of nitrogens with zero attached hydrogens (tertiary/aromatic N) is 2. The highest BCUT2D eigenvalue weighted by atomic mass is 32.2. The van der Waals surface area contributed by atoms with Gasteiger partial charge in [0.25, 0.3) is 0 Å². The average molecular weight is 496 g/mol. The van der Waals surface area contributed by atoms with Crippen LogP contribution < -0.4 is 9.62 Å².